The first kappa shape index (κ1) is 13.6. The minimum Gasteiger partial charge on any atom is -0.479 e. The molecule has 0 radical (unpaired) electrons. The Hall–Kier alpha value is -2.36. The van der Waals surface area contributed by atoms with Crippen LogP contribution in [0.2, 0.25) is 0 Å². The predicted molar refractivity (Wildman–Crippen MR) is 83.9 cm³/mol. The Bertz CT molecular complexity index is 761. The fourth-order valence-corrected chi connectivity index (χ4v) is 2.29. The molecular formula is C17H18N2O2. The number of fused-ring (bicyclic) bond motifs is 1. The van der Waals surface area contributed by atoms with Gasteiger partial charge in [-0.3, -0.25) is 4.99 Å². The molecule has 3 rings (SSSR count). The number of rotatable bonds is 1. The lowest BCUT2D eigenvalue weighted by Crippen LogP contribution is -2.11. The molecule has 108 valence electrons. The zero-order valence-corrected chi connectivity index (χ0v) is 12.6. The predicted octanol–water partition coefficient (Wildman–Crippen LogP) is 4.32. The molecule has 2 heterocycles. The molecule has 1 aromatic heterocycles. The molecule has 0 amide bonds. The maximum atomic E-state index is 9.98. The number of oxazole rings is 1. The summed E-state index contributed by atoms with van der Waals surface area (Å²) in [6.07, 6.45) is 1.83. The van der Waals surface area contributed by atoms with Crippen molar-refractivity contribution >= 4 is 23.0 Å². The van der Waals surface area contributed by atoms with Gasteiger partial charge in [-0.2, -0.15) is 0 Å². The first-order valence-corrected chi connectivity index (χ1v) is 6.93. The monoisotopic (exact) mass is 282 g/mol. The number of hydrogen-bond acceptors (Lipinski definition) is 4. The van der Waals surface area contributed by atoms with Crippen molar-refractivity contribution in [2.45, 2.75) is 33.1 Å². The molecule has 1 N–H and O–H groups in total. The molecule has 0 unspecified atom stereocenters. The largest absolute Gasteiger partial charge is 0.479 e. The summed E-state index contributed by atoms with van der Waals surface area (Å²) in [6.45, 7) is 7.93. The van der Waals surface area contributed by atoms with Crippen molar-refractivity contribution in [1.29, 1.82) is 0 Å². The second-order valence-corrected chi connectivity index (χ2v) is 6.23. The number of aromatic nitrogens is 1. The minimum atomic E-state index is -0.245. The average molecular weight is 282 g/mol. The van der Waals surface area contributed by atoms with Gasteiger partial charge in [0.1, 0.15) is 5.69 Å². The van der Waals surface area contributed by atoms with Crippen molar-refractivity contribution in [3.05, 3.63) is 41.4 Å². The van der Waals surface area contributed by atoms with E-state index < -0.39 is 0 Å². The molecule has 4 heteroatoms. The lowest BCUT2D eigenvalue weighted by atomic mass is 9.97. The third kappa shape index (κ3) is 2.37. The van der Waals surface area contributed by atoms with E-state index in [1.165, 1.54) is 0 Å². The van der Waals surface area contributed by atoms with Crippen LogP contribution in [-0.4, -0.2) is 15.8 Å². The summed E-state index contributed by atoms with van der Waals surface area (Å²) < 4.78 is 5.37. The second-order valence-electron chi connectivity index (χ2n) is 6.23. The molecule has 0 saturated heterocycles. The van der Waals surface area contributed by atoms with Gasteiger partial charge < -0.3 is 9.52 Å². The molecule has 4 nitrogen and oxygen atoms in total. The highest BCUT2D eigenvalue weighted by molar-refractivity contribution is 6.31. The SMILES string of the molecule is CC1=Nc2ccccc2C1=Cc1nc(C(C)(C)C)oc1O. The molecule has 0 fully saturated rings. The Morgan fingerprint density at radius 1 is 1.19 bits per heavy atom. The molecule has 2 aromatic rings. The Morgan fingerprint density at radius 3 is 2.57 bits per heavy atom. The number of aliphatic imine (C=N–C) groups is 1. The Balaban J connectivity index is 2.08. The molecular weight excluding hydrogens is 264 g/mol. The molecule has 0 bridgehead atoms. The van der Waals surface area contributed by atoms with E-state index in [0.717, 1.165) is 22.5 Å². The van der Waals surface area contributed by atoms with Crippen molar-refractivity contribution in [2.75, 3.05) is 0 Å². The highest BCUT2D eigenvalue weighted by Gasteiger charge is 2.24. The molecule has 0 aliphatic carbocycles. The van der Waals surface area contributed by atoms with Crippen LogP contribution >= 0.6 is 0 Å². The summed E-state index contributed by atoms with van der Waals surface area (Å²) in [5.74, 6) is 0.373. The zero-order chi connectivity index (χ0) is 15.2. The number of para-hydroxylation sites is 1. The zero-order valence-electron chi connectivity index (χ0n) is 12.6. The third-order valence-electron chi connectivity index (χ3n) is 3.43. The van der Waals surface area contributed by atoms with Crippen LogP contribution in [0, 0.1) is 0 Å². The average Bonchev–Trinajstić information content (AvgIpc) is 2.92. The summed E-state index contributed by atoms with van der Waals surface area (Å²) in [5, 5.41) is 9.98. The first-order chi connectivity index (χ1) is 9.86. The Morgan fingerprint density at radius 2 is 1.90 bits per heavy atom. The van der Waals surface area contributed by atoms with Crippen LogP contribution in [-0.2, 0) is 5.41 Å². The van der Waals surface area contributed by atoms with Crippen molar-refractivity contribution in [3.8, 4) is 5.95 Å². The number of hydrogen-bond donors (Lipinski definition) is 1. The van der Waals surface area contributed by atoms with Crippen molar-refractivity contribution in [1.82, 2.24) is 4.98 Å². The number of aromatic hydroxyl groups is 1. The van der Waals surface area contributed by atoms with Gasteiger partial charge in [0.05, 0.1) is 5.69 Å². The molecule has 0 saturated carbocycles. The van der Waals surface area contributed by atoms with Crippen LogP contribution in [0.4, 0.5) is 5.69 Å². The fourth-order valence-electron chi connectivity index (χ4n) is 2.29. The van der Waals surface area contributed by atoms with E-state index in [2.05, 4.69) is 9.98 Å². The number of benzene rings is 1. The maximum Gasteiger partial charge on any atom is 0.310 e. The van der Waals surface area contributed by atoms with Gasteiger partial charge in [0.25, 0.3) is 0 Å². The van der Waals surface area contributed by atoms with Gasteiger partial charge >= 0.3 is 5.95 Å². The third-order valence-corrected chi connectivity index (χ3v) is 3.43. The highest BCUT2D eigenvalue weighted by atomic mass is 16.5. The van der Waals surface area contributed by atoms with Gasteiger partial charge in [-0.1, -0.05) is 39.0 Å². The van der Waals surface area contributed by atoms with Gasteiger partial charge in [0.2, 0.25) is 5.89 Å². The number of allylic oxidation sites excluding steroid dienone is 1. The van der Waals surface area contributed by atoms with Crippen molar-refractivity contribution in [2.24, 2.45) is 4.99 Å². The lowest BCUT2D eigenvalue weighted by Gasteiger charge is -2.11. The fraction of sp³-hybridized carbons (Fsp3) is 0.294. The van der Waals surface area contributed by atoms with E-state index in [1.807, 2.05) is 58.0 Å². The summed E-state index contributed by atoms with van der Waals surface area (Å²) >= 11 is 0. The van der Waals surface area contributed by atoms with Gasteiger partial charge in [-0.25, -0.2) is 4.98 Å². The van der Waals surface area contributed by atoms with Crippen molar-refractivity contribution < 1.29 is 9.52 Å². The van der Waals surface area contributed by atoms with Crippen LogP contribution in [0.3, 0.4) is 0 Å². The first-order valence-electron chi connectivity index (χ1n) is 6.93. The maximum absolute atomic E-state index is 9.98. The summed E-state index contributed by atoms with van der Waals surface area (Å²) in [6, 6.07) is 7.93. The van der Waals surface area contributed by atoms with E-state index in [4.69, 9.17) is 4.42 Å². The van der Waals surface area contributed by atoms with Crippen LogP contribution in [0.15, 0.2) is 33.7 Å². The van der Waals surface area contributed by atoms with Gasteiger partial charge in [-0.05, 0) is 19.1 Å². The summed E-state index contributed by atoms with van der Waals surface area (Å²) in [4.78, 5) is 8.93. The molecule has 0 atom stereocenters. The summed E-state index contributed by atoms with van der Waals surface area (Å²) in [7, 11) is 0. The van der Waals surface area contributed by atoms with E-state index in [-0.39, 0.29) is 11.4 Å². The second kappa shape index (κ2) is 4.58. The van der Waals surface area contributed by atoms with Crippen LogP contribution in [0.5, 0.6) is 5.95 Å². The lowest BCUT2D eigenvalue weighted by molar-refractivity contribution is 0.290. The molecule has 1 aliphatic heterocycles. The van der Waals surface area contributed by atoms with Gasteiger partial charge in [-0.15, -0.1) is 0 Å². The van der Waals surface area contributed by atoms with Crippen molar-refractivity contribution in [3.63, 3.8) is 0 Å². The van der Waals surface area contributed by atoms with Crippen LogP contribution < -0.4 is 0 Å². The van der Waals surface area contributed by atoms with Gasteiger partial charge in [0.15, 0.2) is 0 Å². The van der Waals surface area contributed by atoms with E-state index in [1.54, 1.807) is 0 Å². The summed E-state index contributed by atoms with van der Waals surface area (Å²) in [5.41, 5.74) is 4.08. The Kier molecular flexibility index (Phi) is 2.97. The smallest absolute Gasteiger partial charge is 0.310 e. The molecule has 21 heavy (non-hydrogen) atoms. The van der Waals surface area contributed by atoms with Gasteiger partial charge in [0, 0.05) is 22.3 Å². The molecule has 1 aromatic carbocycles. The normalized spacial score (nSPS) is 16.2. The number of nitrogens with zero attached hydrogens (tertiary/aromatic N) is 2. The quantitative estimate of drug-likeness (QED) is 0.847. The van der Waals surface area contributed by atoms with E-state index in [9.17, 15) is 5.11 Å². The van der Waals surface area contributed by atoms with Crippen LogP contribution in [0.25, 0.3) is 11.6 Å². The molecule has 1 aliphatic rings. The van der Waals surface area contributed by atoms with Crippen LogP contribution in [0.1, 0.15) is 44.8 Å². The highest BCUT2D eigenvalue weighted by Crippen LogP contribution is 2.37. The van der Waals surface area contributed by atoms with E-state index >= 15 is 0 Å². The Labute approximate surface area is 123 Å². The minimum absolute atomic E-state index is 0.149. The standard InChI is InChI=1S/C17H18N2O2/c1-10-12(11-7-5-6-8-13(11)18-10)9-14-15(20)21-16(19-14)17(2,3)4/h5-9,20H,1-4H3. The molecule has 0 spiro atoms. The van der Waals surface area contributed by atoms with E-state index in [0.29, 0.717) is 11.6 Å². The topological polar surface area (TPSA) is 58.6 Å².